The molecule has 0 atom stereocenters. The van der Waals surface area contributed by atoms with Gasteiger partial charge in [0.2, 0.25) is 5.91 Å². The summed E-state index contributed by atoms with van der Waals surface area (Å²) in [6, 6.07) is 15.1. The molecule has 3 rings (SSSR count). The molecule has 0 spiro atoms. The van der Waals surface area contributed by atoms with Gasteiger partial charge in [0, 0.05) is 18.4 Å². The number of ether oxygens (including phenoxy) is 1. The molecule has 0 saturated heterocycles. The highest BCUT2D eigenvalue weighted by Gasteiger charge is 2.07. The van der Waals surface area contributed by atoms with Gasteiger partial charge >= 0.3 is 5.97 Å². The maximum absolute atomic E-state index is 12.2. The van der Waals surface area contributed by atoms with Gasteiger partial charge in [0.25, 0.3) is 0 Å². The normalized spacial score (nSPS) is 10.7. The second-order valence-corrected chi connectivity index (χ2v) is 6.13. The average molecular weight is 367 g/mol. The highest BCUT2D eigenvalue weighted by Crippen LogP contribution is 2.14. The lowest BCUT2D eigenvalue weighted by Gasteiger charge is -2.08. The van der Waals surface area contributed by atoms with Crippen LogP contribution in [0.15, 0.2) is 54.7 Å². The molecule has 7 heteroatoms. The summed E-state index contributed by atoms with van der Waals surface area (Å²) in [4.78, 5) is 22.6. The summed E-state index contributed by atoms with van der Waals surface area (Å²) in [6.45, 7) is 0.940. The van der Waals surface area contributed by atoms with Gasteiger partial charge in [0.15, 0.2) is 0 Å². The van der Waals surface area contributed by atoms with Crippen LogP contribution in [-0.4, -0.2) is 33.4 Å². The van der Waals surface area contributed by atoms with Crippen molar-refractivity contribution in [1.29, 1.82) is 0 Å². The number of para-hydroxylation sites is 1. The Labute approximate surface area is 156 Å². The fourth-order valence-corrected chi connectivity index (χ4v) is 2.66. The van der Waals surface area contributed by atoms with Crippen molar-refractivity contribution in [2.75, 3.05) is 6.61 Å². The molecule has 0 aliphatic carbocycles. The zero-order valence-corrected chi connectivity index (χ0v) is 14.8. The van der Waals surface area contributed by atoms with Crippen LogP contribution in [0.5, 0.6) is 5.75 Å². The average Bonchev–Trinajstić information content (AvgIpc) is 3.07. The van der Waals surface area contributed by atoms with Crippen LogP contribution in [0.25, 0.3) is 10.9 Å². The summed E-state index contributed by atoms with van der Waals surface area (Å²) in [7, 11) is 0. The molecule has 0 aliphatic rings. The van der Waals surface area contributed by atoms with Gasteiger partial charge < -0.3 is 15.2 Å². The minimum absolute atomic E-state index is 0.0929. The molecular formula is C20H21N3O4. The Bertz CT molecular complexity index is 918. The predicted molar refractivity (Wildman–Crippen MR) is 100 cm³/mol. The first-order valence-corrected chi connectivity index (χ1v) is 8.72. The maximum atomic E-state index is 12.2. The zero-order chi connectivity index (χ0) is 19.1. The summed E-state index contributed by atoms with van der Waals surface area (Å²) < 4.78 is 7.17. The predicted octanol–water partition coefficient (Wildman–Crippen LogP) is 2.60. The monoisotopic (exact) mass is 367 g/mol. The summed E-state index contributed by atoms with van der Waals surface area (Å²) in [6.07, 6.45) is 2.31. The lowest BCUT2D eigenvalue weighted by Crippen LogP contribution is -2.27. The second-order valence-electron chi connectivity index (χ2n) is 6.13. The van der Waals surface area contributed by atoms with E-state index in [1.165, 1.54) is 0 Å². The fraction of sp³-hybridized carbons (Fsp3) is 0.250. The molecule has 2 aromatic carbocycles. The number of nitrogens with zero attached hydrogens (tertiary/aromatic N) is 2. The number of rotatable bonds is 9. The fourth-order valence-electron chi connectivity index (χ4n) is 2.66. The lowest BCUT2D eigenvalue weighted by atomic mass is 10.2. The molecule has 0 unspecified atom stereocenters. The van der Waals surface area contributed by atoms with Gasteiger partial charge in [-0.2, -0.15) is 5.10 Å². The van der Waals surface area contributed by atoms with Crippen molar-refractivity contribution in [3.8, 4) is 5.75 Å². The number of aliphatic carboxylic acids is 1. The topological polar surface area (TPSA) is 93.5 Å². The van der Waals surface area contributed by atoms with Gasteiger partial charge in [0.05, 0.1) is 18.3 Å². The molecule has 7 nitrogen and oxygen atoms in total. The van der Waals surface area contributed by atoms with Crippen LogP contribution in [0.2, 0.25) is 0 Å². The number of aromatic nitrogens is 2. The Morgan fingerprint density at radius 2 is 1.89 bits per heavy atom. The molecule has 2 N–H and O–H groups in total. The minimum Gasteiger partial charge on any atom is -0.494 e. The number of carboxylic acids is 1. The Kier molecular flexibility index (Phi) is 6.04. The standard InChI is InChI=1S/C20H21N3O4/c24-19(14-23-18-5-2-1-4-16(18)13-22-23)21-12-15-7-9-17(10-8-15)27-11-3-6-20(25)26/h1-2,4-5,7-10,13H,3,6,11-12,14H2,(H,21,24)(H,25,26). The molecule has 3 aromatic rings. The molecule has 1 amide bonds. The Balaban J connectivity index is 1.45. The maximum Gasteiger partial charge on any atom is 0.303 e. The van der Waals surface area contributed by atoms with E-state index in [1.54, 1.807) is 10.9 Å². The van der Waals surface area contributed by atoms with Crippen LogP contribution in [0.3, 0.4) is 0 Å². The number of carbonyl (C=O) groups excluding carboxylic acids is 1. The van der Waals surface area contributed by atoms with Crippen molar-refractivity contribution >= 4 is 22.8 Å². The minimum atomic E-state index is -0.826. The van der Waals surface area contributed by atoms with Gasteiger partial charge in [-0.25, -0.2) is 0 Å². The van der Waals surface area contributed by atoms with Crippen LogP contribution in [-0.2, 0) is 22.7 Å². The van der Waals surface area contributed by atoms with Gasteiger partial charge in [-0.3, -0.25) is 14.3 Å². The largest absolute Gasteiger partial charge is 0.494 e. The quantitative estimate of drug-likeness (QED) is 0.567. The zero-order valence-electron chi connectivity index (χ0n) is 14.8. The number of amides is 1. The van der Waals surface area contributed by atoms with E-state index in [0.717, 1.165) is 16.5 Å². The number of carbonyl (C=O) groups is 2. The van der Waals surface area contributed by atoms with Gasteiger partial charge in [-0.1, -0.05) is 30.3 Å². The third-order valence-corrected chi connectivity index (χ3v) is 4.06. The molecule has 27 heavy (non-hydrogen) atoms. The van der Waals surface area contributed by atoms with Crippen LogP contribution in [0.1, 0.15) is 18.4 Å². The number of hydrogen-bond acceptors (Lipinski definition) is 4. The van der Waals surface area contributed by atoms with Crippen LogP contribution in [0, 0.1) is 0 Å². The molecule has 0 fully saturated rings. The number of fused-ring (bicyclic) bond motifs is 1. The SMILES string of the molecule is O=C(O)CCCOc1ccc(CNC(=O)Cn2ncc3ccccc32)cc1. The van der Waals surface area contributed by atoms with E-state index in [9.17, 15) is 9.59 Å². The van der Waals surface area contributed by atoms with E-state index in [2.05, 4.69) is 10.4 Å². The highest BCUT2D eigenvalue weighted by molar-refractivity contribution is 5.81. The van der Waals surface area contributed by atoms with Crippen LogP contribution in [0.4, 0.5) is 0 Å². The molecule has 0 aliphatic heterocycles. The molecule has 0 radical (unpaired) electrons. The Hall–Kier alpha value is -3.35. The van der Waals surface area contributed by atoms with E-state index in [1.807, 2.05) is 48.5 Å². The molecular weight excluding hydrogens is 346 g/mol. The van der Waals surface area contributed by atoms with Crippen LogP contribution < -0.4 is 10.1 Å². The van der Waals surface area contributed by atoms with Gasteiger partial charge in [-0.05, 0) is 30.2 Å². The first-order valence-electron chi connectivity index (χ1n) is 8.72. The van der Waals surface area contributed by atoms with Gasteiger partial charge in [-0.15, -0.1) is 0 Å². The van der Waals surface area contributed by atoms with Crippen LogP contribution >= 0.6 is 0 Å². The summed E-state index contributed by atoms with van der Waals surface area (Å²) in [5.74, 6) is -0.260. The first-order chi connectivity index (χ1) is 13.1. The van der Waals surface area contributed by atoms with E-state index >= 15 is 0 Å². The smallest absolute Gasteiger partial charge is 0.303 e. The van der Waals surface area contributed by atoms with Crippen molar-refractivity contribution in [2.24, 2.45) is 0 Å². The van der Waals surface area contributed by atoms with Crippen molar-refractivity contribution in [3.05, 3.63) is 60.3 Å². The molecule has 0 saturated carbocycles. The highest BCUT2D eigenvalue weighted by atomic mass is 16.5. The van der Waals surface area contributed by atoms with E-state index in [0.29, 0.717) is 25.3 Å². The third kappa shape index (κ3) is 5.31. The van der Waals surface area contributed by atoms with Gasteiger partial charge in [0.1, 0.15) is 12.3 Å². The number of hydrogen-bond donors (Lipinski definition) is 2. The summed E-state index contributed by atoms with van der Waals surface area (Å²) >= 11 is 0. The van der Waals surface area contributed by atoms with E-state index in [4.69, 9.17) is 9.84 Å². The summed E-state index contributed by atoms with van der Waals surface area (Å²) in [5, 5.41) is 16.7. The molecule has 0 bridgehead atoms. The molecule has 1 aromatic heterocycles. The molecule has 1 heterocycles. The van der Waals surface area contributed by atoms with Crippen molar-refractivity contribution in [3.63, 3.8) is 0 Å². The first kappa shape index (κ1) is 18.4. The van der Waals surface area contributed by atoms with E-state index < -0.39 is 5.97 Å². The number of carboxylic acid groups (broad SMARTS) is 1. The second kappa shape index (κ2) is 8.84. The van der Waals surface area contributed by atoms with Crippen molar-refractivity contribution < 1.29 is 19.4 Å². The number of nitrogens with one attached hydrogen (secondary N) is 1. The Morgan fingerprint density at radius 3 is 2.67 bits per heavy atom. The van der Waals surface area contributed by atoms with Crippen molar-refractivity contribution in [2.45, 2.75) is 25.9 Å². The lowest BCUT2D eigenvalue weighted by molar-refractivity contribution is -0.137. The van der Waals surface area contributed by atoms with Crippen molar-refractivity contribution in [1.82, 2.24) is 15.1 Å². The Morgan fingerprint density at radius 1 is 1.11 bits per heavy atom. The summed E-state index contributed by atoms with van der Waals surface area (Å²) in [5.41, 5.74) is 1.88. The third-order valence-electron chi connectivity index (χ3n) is 4.06. The van der Waals surface area contributed by atoms with E-state index in [-0.39, 0.29) is 18.9 Å². The number of benzene rings is 2. The molecule has 140 valence electrons.